The minimum Gasteiger partial charge on any atom is -0.318 e. The number of anilines is 1. The van der Waals surface area contributed by atoms with Gasteiger partial charge in [-0.15, -0.1) is 0 Å². The molecule has 2 N–H and O–H groups in total. The van der Waals surface area contributed by atoms with Crippen molar-refractivity contribution in [3.8, 4) is 0 Å². The lowest BCUT2D eigenvalue weighted by atomic mass is 9.88. The first kappa shape index (κ1) is 13.4. The van der Waals surface area contributed by atoms with Gasteiger partial charge in [0.2, 0.25) is 5.91 Å². The number of halogens is 1. The molecular weight excluding hydrogens is 253 g/mol. The number of para-hydroxylation sites is 1. The molecule has 19 heavy (non-hydrogen) atoms. The third-order valence-corrected chi connectivity index (χ3v) is 3.37. The van der Waals surface area contributed by atoms with E-state index < -0.39 is 22.3 Å². The highest BCUT2D eigenvalue weighted by molar-refractivity contribution is 5.94. The SMILES string of the molecule is CC(C(=O)Nc1c(F)cccc1[N+](=O)[O-])C1CNC1. The average molecular weight is 267 g/mol. The Hall–Kier alpha value is -2.02. The van der Waals surface area contributed by atoms with Gasteiger partial charge in [0.25, 0.3) is 5.69 Å². The molecule has 0 spiro atoms. The summed E-state index contributed by atoms with van der Waals surface area (Å²) in [5.74, 6) is -1.34. The molecule has 1 heterocycles. The molecule has 0 aromatic heterocycles. The van der Waals surface area contributed by atoms with Crippen LogP contribution in [0.5, 0.6) is 0 Å². The Morgan fingerprint density at radius 2 is 2.26 bits per heavy atom. The van der Waals surface area contributed by atoms with Crippen molar-refractivity contribution in [2.75, 3.05) is 18.4 Å². The first-order chi connectivity index (χ1) is 9.00. The van der Waals surface area contributed by atoms with E-state index in [0.717, 1.165) is 25.2 Å². The van der Waals surface area contributed by atoms with Crippen LogP contribution >= 0.6 is 0 Å². The van der Waals surface area contributed by atoms with Gasteiger partial charge in [-0.3, -0.25) is 14.9 Å². The monoisotopic (exact) mass is 267 g/mol. The molecule has 1 amide bonds. The third-order valence-electron chi connectivity index (χ3n) is 3.37. The number of carbonyl (C=O) groups excluding carboxylic acids is 1. The van der Waals surface area contributed by atoms with Crippen LogP contribution in [0.25, 0.3) is 0 Å². The number of nitrogens with one attached hydrogen (secondary N) is 2. The summed E-state index contributed by atoms with van der Waals surface area (Å²) in [6, 6.07) is 3.48. The van der Waals surface area contributed by atoms with Gasteiger partial charge in [-0.05, 0) is 25.1 Å². The summed E-state index contributed by atoms with van der Waals surface area (Å²) in [5, 5.41) is 16.2. The van der Waals surface area contributed by atoms with Crippen LogP contribution in [-0.2, 0) is 4.79 Å². The van der Waals surface area contributed by atoms with Gasteiger partial charge < -0.3 is 10.6 Å². The third kappa shape index (κ3) is 2.70. The molecule has 6 nitrogen and oxygen atoms in total. The van der Waals surface area contributed by atoms with E-state index in [-0.39, 0.29) is 17.5 Å². The van der Waals surface area contributed by atoms with E-state index in [9.17, 15) is 19.3 Å². The number of nitro benzene ring substituents is 1. The Morgan fingerprint density at radius 3 is 2.79 bits per heavy atom. The molecule has 7 heteroatoms. The molecule has 2 rings (SSSR count). The van der Waals surface area contributed by atoms with E-state index in [0.29, 0.717) is 0 Å². The second-order valence-electron chi connectivity index (χ2n) is 4.59. The number of carbonyl (C=O) groups is 1. The summed E-state index contributed by atoms with van der Waals surface area (Å²) in [5.41, 5.74) is -0.802. The molecule has 1 aliphatic heterocycles. The molecule has 0 aliphatic carbocycles. The highest BCUT2D eigenvalue weighted by Gasteiger charge is 2.30. The van der Waals surface area contributed by atoms with Crippen molar-refractivity contribution in [3.63, 3.8) is 0 Å². The summed E-state index contributed by atoms with van der Waals surface area (Å²) in [6.45, 7) is 3.19. The van der Waals surface area contributed by atoms with Gasteiger partial charge in [-0.2, -0.15) is 0 Å². The van der Waals surface area contributed by atoms with Crippen LogP contribution in [0.3, 0.4) is 0 Å². The zero-order valence-corrected chi connectivity index (χ0v) is 10.4. The average Bonchev–Trinajstić information content (AvgIpc) is 2.28. The highest BCUT2D eigenvalue weighted by atomic mass is 19.1. The quantitative estimate of drug-likeness (QED) is 0.640. The second kappa shape index (κ2) is 5.31. The molecule has 1 atom stereocenters. The van der Waals surface area contributed by atoms with Crippen LogP contribution in [0, 0.1) is 27.8 Å². The number of nitro groups is 1. The van der Waals surface area contributed by atoms with Crippen molar-refractivity contribution < 1.29 is 14.1 Å². The van der Waals surface area contributed by atoms with Gasteiger partial charge in [-0.25, -0.2) is 4.39 Å². The van der Waals surface area contributed by atoms with Gasteiger partial charge >= 0.3 is 0 Å². The van der Waals surface area contributed by atoms with Crippen LogP contribution in [0.2, 0.25) is 0 Å². The number of hydrogen-bond donors (Lipinski definition) is 2. The van der Waals surface area contributed by atoms with Crippen molar-refractivity contribution in [2.45, 2.75) is 6.92 Å². The van der Waals surface area contributed by atoms with Crippen LogP contribution in [0.1, 0.15) is 6.92 Å². The Labute approximate surface area is 109 Å². The van der Waals surface area contributed by atoms with Gasteiger partial charge in [0, 0.05) is 12.0 Å². The molecule has 1 saturated heterocycles. The van der Waals surface area contributed by atoms with E-state index in [2.05, 4.69) is 10.6 Å². The lowest BCUT2D eigenvalue weighted by Gasteiger charge is -2.31. The lowest BCUT2D eigenvalue weighted by Crippen LogP contribution is -2.48. The normalized spacial score (nSPS) is 16.5. The molecule has 1 fully saturated rings. The van der Waals surface area contributed by atoms with Crippen LogP contribution in [0.4, 0.5) is 15.8 Å². The summed E-state index contributed by atoms with van der Waals surface area (Å²) in [6.07, 6.45) is 0. The molecule has 102 valence electrons. The molecule has 0 radical (unpaired) electrons. The maximum absolute atomic E-state index is 13.6. The Balaban J connectivity index is 2.18. The topological polar surface area (TPSA) is 84.3 Å². The molecular formula is C12H14FN3O3. The molecule has 0 bridgehead atoms. The molecule has 1 aliphatic rings. The zero-order valence-electron chi connectivity index (χ0n) is 10.4. The summed E-state index contributed by atoms with van der Waals surface area (Å²) in [4.78, 5) is 22.0. The van der Waals surface area contributed by atoms with Crippen molar-refractivity contribution in [3.05, 3.63) is 34.1 Å². The van der Waals surface area contributed by atoms with Crippen molar-refractivity contribution >= 4 is 17.3 Å². The highest BCUT2D eigenvalue weighted by Crippen LogP contribution is 2.28. The van der Waals surface area contributed by atoms with Crippen molar-refractivity contribution in [1.82, 2.24) is 5.32 Å². The van der Waals surface area contributed by atoms with Gasteiger partial charge in [0.15, 0.2) is 11.5 Å². The van der Waals surface area contributed by atoms with Crippen LogP contribution < -0.4 is 10.6 Å². The van der Waals surface area contributed by atoms with Crippen molar-refractivity contribution in [2.24, 2.45) is 11.8 Å². The number of benzene rings is 1. The maximum atomic E-state index is 13.6. The summed E-state index contributed by atoms with van der Waals surface area (Å²) < 4.78 is 13.6. The second-order valence-corrected chi connectivity index (χ2v) is 4.59. The molecule has 1 aromatic carbocycles. The Bertz CT molecular complexity index is 517. The minimum absolute atomic E-state index is 0.186. The zero-order chi connectivity index (χ0) is 14.0. The summed E-state index contributed by atoms with van der Waals surface area (Å²) in [7, 11) is 0. The Morgan fingerprint density at radius 1 is 1.58 bits per heavy atom. The smallest absolute Gasteiger partial charge is 0.295 e. The molecule has 1 unspecified atom stereocenters. The fourth-order valence-corrected chi connectivity index (χ4v) is 1.90. The van der Waals surface area contributed by atoms with Crippen LogP contribution in [-0.4, -0.2) is 23.9 Å². The van der Waals surface area contributed by atoms with Crippen LogP contribution in [0.15, 0.2) is 18.2 Å². The number of hydrogen-bond acceptors (Lipinski definition) is 4. The van der Waals surface area contributed by atoms with Gasteiger partial charge in [0.1, 0.15) is 0 Å². The van der Waals surface area contributed by atoms with E-state index >= 15 is 0 Å². The number of amides is 1. The largest absolute Gasteiger partial charge is 0.318 e. The lowest BCUT2D eigenvalue weighted by molar-refractivity contribution is -0.384. The minimum atomic E-state index is -0.804. The predicted octanol–water partition coefficient (Wildman–Crippen LogP) is 1.53. The van der Waals surface area contributed by atoms with E-state index in [1.165, 1.54) is 6.07 Å². The van der Waals surface area contributed by atoms with E-state index in [4.69, 9.17) is 0 Å². The number of rotatable bonds is 4. The Kier molecular flexibility index (Phi) is 3.75. The standard InChI is InChI=1S/C12H14FN3O3/c1-7(8-5-14-6-8)12(17)15-11-9(13)3-2-4-10(11)16(18)19/h2-4,7-8,14H,5-6H2,1H3,(H,15,17). The van der Waals surface area contributed by atoms with Crippen molar-refractivity contribution in [1.29, 1.82) is 0 Å². The molecule has 0 saturated carbocycles. The number of nitrogens with zero attached hydrogens (tertiary/aromatic N) is 1. The van der Waals surface area contributed by atoms with Gasteiger partial charge in [-0.1, -0.05) is 13.0 Å². The first-order valence-electron chi connectivity index (χ1n) is 5.95. The molecule has 1 aromatic rings. The van der Waals surface area contributed by atoms with E-state index in [1.807, 2.05) is 0 Å². The summed E-state index contributed by atoms with van der Waals surface area (Å²) >= 11 is 0. The maximum Gasteiger partial charge on any atom is 0.295 e. The first-order valence-corrected chi connectivity index (χ1v) is 5.95. The van der Waals surface area contributed by atoms with E-state index in [1.54, 1.807) is 6.92 Å². The van der Waals surface area contributed by atoms with Gasteiger partial charge in [0.05, 0.1) is 4.92 Å². The predicted molar refractivity (Wildman–Crippen MR) is 67.2 cm³/mol. The fraction of sp³-hybridized carbons (Fsp3) is 0.417. The fourth-order valence-electron chi connectivity index (χ4n) is 1.90.